The molecule has 2 unspecified atom stereocenters. The first-order chi connectivity index (χ1) is 7.75. The van der Waals surface area contributed by atoms with Gasteiger partial charge in [0.05, 0.1) is 0 Å². The van der Waals surface area contributed by atoms with Gasteiger partial charge in [0.25, 0.3) is 5.91 Å². The Kier molecular flexibility index (Phi) is 2.11. The van der Waals surface area contributed by atoms with Gasteiger partial charge in [-0.15, -0.1) is 0 Å². The molecule has 4 nitrogen and oxygen atoms in total. The number of carbonyl (C=O) groups excluding carboxylic acids is 1. The normalized spacial score (nSPS) is 30.9. The average molecular weight is 218 g/mol. The molecule has 16 heavy (non-hydrogen) atoms. The largest absolute Gasteiger partial charge is 0.508 e. The van der Waals surface area contributed by atoms with Crippen LogP contribution in [0.15, 0.2) is 24.3 Å². The van der Waals surface area contributed by atoms with Crippen LogP contribution in [0.25, 0.3) is 0 Å². The van der Waals surface area contributed by atoms with Crippen LogP contribution in [0.2, 0.25) is 0 Å². The van der Waals surface area contributed by atoms with E-state index < -0.39 is 0 Å². The number of carbonyl (C=O) groups is 1. The van der Waals surface area contributed by atoms with E-state index >= 15 is 0 Å². The lowest BCUT2D eigenvalue weighted by Crippen LogP contribution is -2.32. The predicted molar refractivity (Wildman–Crippen MR) is 59.2 cm³/mol. The van der Waals surface area contributed by atoms with Crippen LogP contribution in [-0.4, -0.2) is 30.1 Å². The molecule has 1 aliphatic carbocycles. The highest BCUT2D eigenvalue weighted by atomic mass is 16.3. The van der Waals surface area contributed by atoms with Crippen molar-refractivity contribution in [3.8, 4) is 5.75 Å². The third kappa shape index (κ3) is 1.55. The molecule has 2 aliphatic rings. The summed E-state index contributed by atoms with van der Waals surface area (Å²) in [6.07, 6.45) is 0. The van der Waals surface area contributed by atoms with Crippen LogP contribution in [0.3, 0.4) is 0 Å². The molecule has 2 fully saturated rings. The molecule has 0 spiro atoms. The molecule has 0 bridgehead atoms. The van der Waals surface area contributed by atoms with Crippen LogP contribution < -0.4 is 10.6 Å². The van der Waals surface area contributed by atoms with Gasteiger partial charge in [-0.3, -0.25) is 4.79 Å². The maximum atomic E-state index is 11.8. The van der Waals surface area contributed by atoms with Crippen molar-refractivity contribution < 1.29 is 9.90 Å². The number of benzene rings is 1. The van der Waals surface area contributed by atoms with Gasteiger partial charge in [-0.2, -0.15) is 0 Å². The summed E-state index contributed by atoms with van der Waals surface area (Å²) in [4.78, 5) is 11.8. The maximum Gasteiger partial charge on any atom is 0.251 e. The molecular formula is C12H14N2O2. The molecule has 2 atom stereocenters. The zero-order valence-electron chi connectivity index (χ0n) is 8.81. The van der Waals surface area contributed by atoms with Crippen LogP contribution >= 0.6 is 0 Å². The second-order valence-electron chi connectivity index (χ2n) is 4.53. The summed E-state index contributed by atoms with van der Waals surface area (Å²) in [5.41, 5.74) is 0.607. The van der Waals surface area contributed by atoms with Crippen LogP contribution in [-0.2, 0) is 0 Å². The lowest BCUT2D eigenvalue weighted by atomic mass is 10.2. The van der Waals surface area contributed by atoms with Gasteiger partial charge in [0, 0.05) is 24.7 Å². The van der Waals surface area contributed by atoms with Crippen molar-refractivity contribution in [3.05, 3.63) is 29.8 Å². The highest BCUT2D eigenvalue weighted by Gasteiger charge is 2.53. The second kappa shape index (κ2) is 3.49. The van der Waals surface area contributed by atoms with Gasteiger partial charge in [-0.1, -0.05) is 0 Å². The Hall–Kier alpha value is -1.55. The maximum absolute atomic E-state index is 11.8. The summed E-state index contributed by atoms with van der Waals surface area (Å²) in [7, 11) is 0. The van der Waals surface area contributed by atoms with E-state index in [1.807, 2.05) is 0 Å². The van der Waals surface area contributed by atoms with Gasteiger partial charge < -0.3 is 15.7 Å². The van der Waals surface area contributed by atoms with Crippen molar-refractivity contribution in [2.24, 2.45) is 11.8 Å². The summed E-state index contributed by atoms with van der Waals surface area (Å²) in [6, 6.07) is 6.69. The van der Waals surface area contributed by atoms with Crippen molar-refractivity contribution >= 4 is 5.91 Å². The highest BCUT2D eigenvalue weighted by molar-refractivity contribution is 5.94. The number of fused-ring (bicyclic) bond motifs is 1. The summed E-state index contributed by atoms with van der Waals surface area (Å²) >= 11 is 0. The van der Waals surface area contributed by atoms with E-state index in [1.54, 1.807) is 12.1 Å². The number of rotatable bonds is 2. The SMILES string of the molecule is O=C(NC1C2CNCC21)c1ccc(O)cc1. The Morgan fingerprint density at radius 3 is 2.50 bits per heavy atom. The molecule has 3 rings (SSSR count). The zero-order valence-corrected chi connectivity index (χ0v) is 8.81. The standard InChI is InChI=1S/C12H14N2O2/c15-8-3-1-7(2-4-8)12(16)14-11-9-5-13-6-10(9)11/h1-4,9-11,13,15H,5-6H2,(H,14,16). The highest BCUT2D eigenvalue weighted by Crippen LogP contribution is 2.41. The Bertz CT molecular complexity index is 406. The zero-order chi connectivity index (χ0) is 11.1. The van der Waals surface area contributed by atoms with Crippen LogP contribution in [0.5, 0.6) is 5.75 Å². The Morgan fingerprint density at radius 1 is 1.25 bits per heavy atom. The molecule has 1 aromatic carbocycles. The van der Waals surface area contributed by atoms with Crippen molar-refractivity contribution in [3.63, 3.8) is 0 Å². The molecule has 1 saturated heterocycles. The molecule has 1 aliphatic heterocycles. The molecule has 0 aromatic heterocycles. The van der Waals surface area contributed by atoms with Gasteiger partial charge in [0.15, 0.2) is 0 Å². The van der Waals surface area contributed by atoms with Crippen LogP contribution in [0, 0.1) is 11.8 Å². The third-order valence-corrected chi connectivity index (χ3v) is 3.52. The lowest BCUT2D eigenvalue weighted by molar-refractivity contribution is 0.0946. The topological polar surface area (TPSA) is 61.4 Å². The fourth-order valence-corrected chi connectivity index (χ4v) is 2.48. The Balaban J connectivity index is 1.63. The molecule has 3 N–H and O–H groups in total. The molecule has 1 amide bonds. The first-order valence-corrected chi connectivity index (χ1v) is 5.56. The van der Waals surface area contributed by atoms with Gasteiger partial charge in [-0.05, 0) is 36.1 Å². The summed E-state index contributed by atoms with van der Waals surface area (Å²) in [5, 5.41) is 15.4. The molecule has 1 aromatic rings. The Labute approximate surface area is 93.7 Å². The third-order valence-electron chi connectivity index (χ3n) is 3.52. The van der Waals surface area contributed by atoms with Crippen molar-refractivity contribution in [1.29, 1.82) is 0 Å². The van der Waals surface area contributed by atoms with E-state index in [9.17, 15) is 4.79 Å². The van der Waals surface area contributed by atoms with E-state index in [0.717, 1.165) is 13.1 Å². The number of amides is 1. The first kappa shape index (κ1) is 9.66. The molecule has 4 heteroatoms. The van der Waals surface area contributed by atoms with Crippen molar-refractivity contribution in [2.45, 2.75) is 6.04 Å². The minimum absolute atomic E-state index is 0.0422. The monoisotopic (exact) mass is 218 g/mol. The van der Waals surface area contributed by atoms with E-state index in [4.69, 9.17) is 5.11 Å². The van der Waals surface area contributed by atoms with Crippen LogP contribution in [0.4, 0.5) is 0 Å². The minimum Gasteiger partial charge on any atom is -0.508 e. The van der Waals surface area contributed by atoms with Gasteiger partial charge >= 0.3 is 0 Å². The summed E-state index contributed by atoms with van der Waals surface area (Å²) in [6.45, 7) is 2.04. The predicted octanol–water partition coefficient (Wildman–Crippen LogP) is 0.340. The number of phenolic OH excluding ortho intramolecular Hbond substituents is 1. The van der Waals surface area contributed by atoms with Gasteiger partial charge in [0.2, 0.25) is 0 Å². The fraction of sp³-hybridized carbons (Fsp3) is 0.417. The Morgan fingerprint density at radius 2 is 1.88 bits per heavy atom. The number of piperidine rings is 1. The van der Waals surface area contributed by atoms with Crippen molar-refractivity contribution in [1.82, 2.24) is 10.6 Å². The van der Waals surface area contributed by atoms with E-state index in [-0.39, 0.29) is 11.7 Å². The van der Waals surface area contributed by atoms with Crippen LogP contribution in [0.1, 0.15) is 10.4 Å². The van der Waals surface area contributed by atoms with Crippen molar-refractivity contribution in [2.75, 3.05) is 13.1 Å². The second-order valence-corrected chi connectivity index (χ2v) is 4.53. The average Bonchev–Trinajstić information content (AvgIpc) is 2.75. The molecule has 0 radical (unpaired) electrons. The number of phenols is 1. The van der Waals surface area contributed by atoms with E-state index in [2.05, 4.69) is 10.6 Å². The number of aromatic hydroxyl groups is 1. The lowest BCUT2D eigenvalue weighted by Gasteiger charge is -2.07. The minimum atomic E-state index is -0.0422. The smallest absolute Gasteiger partial charge is 0.251 e. The quantitative estimate of drug-likeness (QED) is 0.671. The number of hydrogen-bond donors (Lipinski definition) is 3. The summed E-state index contributed by atoms with van der Waals surface area (Å²) < 4.78 is 0. The van der Waals surface area contributed by atoms with E-state index in [0.29, 0.717) is 23.4 Å². The van der Waals surface area contributed by atoms with Gasteiger partial charge in [0.1, 0.15) is 5.75 Å². The summed E-state index contributed by atoms with van der Waals surface area (Å²) in [5.74, 6) is 1.39. The number of hydrogen-bond acceptors (Lipinski definition) is 3. The fourth-order valence-electron chi connectivity index (χ4n) is 2.48. The van der Waals surface area contributed by atoms with E-state index in [1.165, 1.54) is 12.1 Å². The molecule has 84 valence electrons. The first-order valence-electron chi connectivity index (χ1n) is 5.56. The van der Waals surface area contributed by atoms with Gasteiger partial charge in [-0.25, -0.2) is 0 Å². The molecular weight excluding hydrogens is 204 g/mol. The number of nitrogens with one attached hydrogen (secondary N) is 2. The molecule has 1 heterocycles. The molecule has 1 saturated carbocycles.